The standard InChI is InChI=1S/C19H25NO/c1-5-20-19(18-11-14(2)9-10-15(18)3)13-16-7-6-8-17(12-16)21-4/h6-12,19-20H,5,13H2,1-4H3. The summed E-state index contributed by atoms with van der Waals surface area (Å²) in [4.78, 5) is 0. The van der Waals surface area contributed by atoms with Crippen LogP contribution in [0.5, 0.6) is 5.75 Å². The highest BCUT2D eigenvalue weighted by Crippen LogP contribution is 2.24. The van der Waals surface area contributed by atoms with Crippen LogP contribution >= 0.6 is 0 Å². The SMILES string of the molecule is CCNC(Cc1cccc(OC)c1)c1cc(C)ccc1C. The number of rotatable bonds is 6. The lowest BCUT2D eigenvalue weighted by molar-refractivity contribution is 0.414. The summed E-state index contributed by atoms with van der Waals surface area (Å²) in [7, 11) is 1.71. The monoisotopic (exact) mass is 283 g/mol. The van der Waals surface area contributed by atoms with Gasteiger partial charge >= 0.3 is 0 Å². The number of aryl methyl sites for hydroxylation is 2. The number of hydrogen-bond donors (Lipinski definition) is 1. The van der Waals surface area contributed by atoms with E-state index in [2.05, 4.69) is 62.5 Å². The van der Waals surface area contributed by atoms with E-state index in [-0.39, 0.29) is 0 Å². The molecule has 0 aliphatic heterocycles. The third-order valence-electron chi connectivity index (χ3n) is 3.83. The second-order valence-corrected chi connectivity index (χ2v) is 5.53. The fourth-order valence-corrected chi connectivity index (χ4v) is 2.71. The van der Waals surface area contributed by atoms with Gasteiger partial charge in [0, 0.05) is 6.04 Å². The number of benzene rings is 2. The summed E-state index contributed by atoms with van der Waals surface area (Å²) in [5.41, 5.74) is 5.33. The van der Waals surface area contributed by atoms with E-state index in [1.54, 1.807) is 7.11 Å². The molecule has 0 aliphatic carbocycles. The van der Waals surface area contributed by atoms with Crippen molar-refractivity contribution in [3.05, 3.63) is 64.7 Å². The number of nitrogens with one attached hydrogen (secondary N) is 1. The number of hydrogen-bond acceptors (Lipinski definition) is 2. The number of ether oxygens (including phenoxy) is 1. The minimum atomic E-state index is 0.335. The van der Waals surface area contributed by atoms with Gasteiger partial charge in [-0.25, -0.2) is 0 Å². The van der Waals surface area contributed by atoms with Crippen molar-refractivity contribution in [1.29, 1.82) is 0 Å². The van der Waals surface area contributed by atoms with E-state index in [9.17, 15) is 0 Å². The fraction of sp³-hybridized carbons (Fsp3) is 0.368. The van der Waals surface area contributed by atoms with Crippen LogP contribution in [0.15, 0.2) is 42.5 Å². The molecule has 21 heavy (non-hydrogen) atoms. The first-order chi connectivity index (χ1) is 10.1. The maximum Gasteiger partial charge on any atom is 0.119 e. The summed E-state index contributed by atoms with van der Waals surface area (Å²) in [5, 5.41) is 3.61. The molecule has 0 bridgehead atoms. The van der Waals surface area contributed by atoms with Gasteiger partial charge in [-0.2, -0.15) is 0 Å². The van der Waals surface area contributed by atoms with Gasteiger partial charge in [0.15, 0.2) is 0 Å². The van der Waals surface area contributed by atoms with Gasteiger partial charge in [0.2, 0.25) is 0 Å². The van der Waals surface area contributed by atoms with Crippen molar-refractivity contribution in [2.45, 2.75) is 33.2 Å². The van der Waals surface area contributed by atoms with Gasteiger partial charge in [-0.05, 0) is 55.6 Å². The van der Waals surface area contributed by atoms with E-state index in [0.29, 0.717) is 6.04 Å². The summed E-state index contributed by atoms with van der Waals surface area (Å²) in [5.74, 6) is 0.920. The van der Waals surface area contributed by atoms with Gasteiger partial charge in [-0.1, -0.05) is 42.8 Å². The van der Waals surface area contributed by atoms with Crippen LogP contribution in [0.2, 0.25) is 0 Å². The molecule has 0 aromatic heterocycles. The first-order valence-electron chi connectivity index (χ1n) is 7.57. The van der Waals surface area contributed by atoms with Crippen LogP contribution in [-0.2, 0) is 6.42 Å². The predicted octanol–water partition coefficient (Wildman–Crippen LogP) is 4.21. The molecule has 0 heterocycles. The smallest absolute Gasteiger partial charge is 0.119 e. The Kier molecular flexibility index (Phi) is 5.40. The molecule has 2 rings (SSSR count). The van der Waals surface area contributed by atoms with Crippen LogP contribution in [0.3, 0.4) is 0 Å². The maximum atomic E-state index is 5.32. The average molecular weight is 283 g/mol. The first-order valence-corrected chi connectivity index (χ1v) is 7.57. The number of methoxy groups -OCH3 is 1. The molecule has 0 fully saturated rings. The molecular formula is C19H25NO. The zero-order valence-corrected chi connectivity index (χ0v) is 13.4. The summed E-state index contributed by atoms with van der Waals surface area (Å²) in [6, 6.07) is 15.3. The van der Waals surface area contributed by atoms with Crippen molar-refractivity contribution in [3.63, 3.8) is 0 Å². The molecule has 0 amide bonds. The zero-order valence-electron chi connectivity index (χ0n) is 13.4. The Morgan fingerprint density at radius 3 is 2.62 bits per heavy atom. The van der Waals surface area contributed by atoms with Crippen LogP contribution in [-0.4, -0.2) is 13.7 Å². The first kappa shape index (κ1) is 15.6. The van der Waals surface area contributed by atoms with Crippen LogP contribution < -0.4 is 10.1 Å². The van der Waals surface area contributed by atoms with E-state index in [0.717, 1.165) is 18.7 Å². The van der Waals surface area contributed by atoms with Crippen LogP contribution in [0.25, 0.3) is 0 Å². The molecular weight excluding hydrogens is 258 g/mol. The molecule has 1 N–H and O–H groups in total. The minimum Gasteiger partial charge on any atom is -0.497 e. The lowest BCUT2D eigenvalue weighted by Crippen LogP contribution is -2.23. The van der Waals surface area contributed by atoms with E-state index in [1.807, 2.05) is 6.07 Å². The third-order valence-corrected chi connectivity index (χ3v) is 3.83. The molecule has 1 atom stereocenters. The van der Waals surface area contributed by atoms with Gasteiger partial charge < -0.3 is 10.1 Å². The molecule has 0 saturated heterocycles. The third kappa shape index (κ3) is 4.08. The lowest BCUT2D eigenvalue weighted by Gasteiger charge is -2.21. The van der Waals surface area contributed by atoms with Gasteiger partial charge in [0.25, 0.3) is 0 Å². The molecule has 0 spiro atoms. The molecule has 0 radical (unpaired) electrons. The lowest BCUT2D eigenvalue weighted by atomic mass is 9.94. The van der Waals surface area contributed by atoms with E-state index in [4.69, 9.17) is 4.74 Å². The van der Waals surface area contributed by atoms with Crippen molar-refractivity contribution in [1.82, 2.24) is 5.32 Å². The van der Waals surface area contributed by atoms with E-state index in [1.165, 1.54) is 22.3 Å². The minimum absolute atomic E-state index is 0.335. The Labute approximate surface area is 128 Å². The van der Waals surface area contributed by atoms with Crippen LogP contribution in [0, 0.1) is 13.8 Å². The average Bonchev–Trinajstić information content (AvgIpc) is 2.49. The molecule has 2 heteroatoms. The Morgan fingerprint density at radius 1 is 1.10 bits per heavy atom. The van der Waals surface area contributed by atoms with E-state index < -0.39 is 0 Å². The second-order valence-electron chi connectivity index (χ2n) is 5.53. The quantitative estimate of drug-likeness (QED) is 0.857. The highest BCUT2D eigenvalue weighted by atomic mass is 16.5. The van der Waals surface area contributed by atoms with Crippen LogP contribution in [0.1, 0.15) is 35.2 Å². The summed E-state index contributed by atoms with van der Waals surface area (Å²) < 4.78 is 5.32. The second kappa shape index (κ2) is 7.28. The molecule has 1 unspecified atom stereocenters. The van der Waals surface area contributed by atoms with E-state index >= 15 is 0 Å². The molecule has 2 aromatic rings. The zero-order chi connectivity index (χ0) is 15.2. The Balaban J connectivity index is 2.28. The normalized spacial score (nSPS) is 12.2. The molecule has 0 aliphatic rings. The van der Waals surface area contributed by atoms with Crippen molar-refractivity contribution in [3.8, 4) is 5.75 Å². The molecule has 2 nitrogen and oxygen atoms in total. The highest BCUT2D eigenvalue weighted by Gasteiger charge is 2.14. The Hall–Kier alpha value is -1.80. The van der Waals surface area contributed by atoms with Gasteiger partial charge in [0.05, 0.1) is 7.11 Å². The summed E-state index contributed by atoms with van der Waals surface area (Å²) in [6.07, 6.45) is 0.968. The number of likely N-dealkylation sites (N-methyl/N-ethyl adjacent to an activating group) is 1. The van der Waals surface area contributed by atoms with Crippen LogP contribution in [0.4, 0.5) is 0 Å². The Morgan fingerprint density at radius 2 is 1.90 bits per heavy atom. The summed E-state index contributed by atoms with van der Waals surface area (Å²) >= 11 is 0. The highest BCUT2D eigenvalue weighted by molar-refractivity contribution is 5.35. The topological polar surface area (TPSA) is 21.3 Å². The molecule has 2 aromatic carbocycles. The maximum absolute atomic E-state index is 5.32. The molecule has 0 saturated carbocycles. The van der Waals surface area contributed by atoms with Crippen molar-refractivity contribution in [2.75, 3.05) is 13.7 Å². The van der Waals surface area contributed by atoms with Crippen molar-refractivity contribution >= 4 is 0 Å². The Bertz CT molecular complexity index is 592. The van der Waals surface area contributed by atoms with Crippen molar-refractivity contribution < 1.29 is 4.74 Å². The fourth-order valence-electron chi connectivity index (χ4n) is 2.71. The van der Waals surface area contributed by atoms with Gasteiger partial charge in [-0.15, -0.1) is 0 Å². The predicted molar refractivity (Wildman–Crippen MR) is 89.0 cm³/mol. The molecule has 112 valence electrons. The summed E-state index contributed by atoms with van der Waals surface area (Å²) in [6.45, 7) is 7.45. The largest absolute Gasteiger partial charge is 0.497 e. The van der Waals surface area contributed by atoms with Gasteiger partial charge in [0.1, 0.15) is 5.75 Å². The van der Waals surface area contributed by atoms with Crippen molar-refractivity contribution in [2.24, 2.45) is 0 Å². The van der Waals surface area contributed by atoms with Gasteiger partial charge in [-0.3, -0.25) is 0 Å².